The van der Waals surface area contributed by atoms with Crippen molar-refractivity contribution in [1.82, 2.24) is 24.8 Å². The van der Waals surface area contributed by atoms with Gasteiger partial charge in [-0.3, -0.25) is 9.78 Å². The molecule has 0 fully saturated rings. The summed E-state index contributed by atoms with van der Waals surface area (Å²) in [5.41, 5.74) is 4.00. The fraction of sp³-hybridized carbons (Fsp3) is 0. The van der Waals surface area contributed by atoms with E-state index in [4.69, 9.17) is 5.10 Å². The molecule has 140 valence electrons. The Morgan fingerprint density at radius 1 is 0.897 bits per heavy atom. The second-order valence-corrected chi connectivity index (χ2v) is 7.20. The number of hydrogen-bond acceptors (Lipinski definition) is 6. The Morgan fingerprint density at radius 3 is 2.48 bits per heavy atom. The predicted molar refractivity (Wildman–Crippen MR) is 112 cm³/mol. The van der Waals surface area contributed by atoms with Crippen molar-refractivity contribution in [2.24, 2.45) is 0 Å². The number of rotatable bonds is 4. The van der Waals surface area contributed by atoms with Crippen molar-refractivity contribution in [2.45, 2.75) is 0 Å². The molecule has 5 aromatic rings. The van der Waals surface area contributed by atoms with Crippen LogP contribution in [0.3, 0.4) is 0 Å². The average molecular weight is 398 g/mol. The zero-order valence-corrected chi connectivity index (χ0v) is 15.9. The van der Waals surface area contributed by atoms with Gasteiger partial charge in [0.05, 0.1) is 10.6 Å². The van der Waals surface area contributed by atoms with Crippen LogP contribution in [0.2, 0.25) is 0 Å². The molecule has 4 aromatic heterocycles. The molecule has 1 N–H and O–H groups in total. The number of hydrogen-bond donors (Lipinski definition) is 1. The standard InChI is InChI=1S/C21H14N6OS/c28-21(18-2-1-13-29-18)23-16-5-3-14(4-6-16)17-7-8-19-24-25-20(27(19)26-17)15-9-11-22-12-10-15/h1-13H,(H,23,28). The lowest BCUT2D eigenvalue weighted by Crippen LogP contribution is -2.09. The summed E-state index contributed by atoms with van der Waals surface area (Å²) in [6.45, 7) is 0. The van der Waals surface area contributed by atoms with E-state index in [2.05, 4.69) is 20.5 Å². The van der Waals surface area contributed by atoms with Gasteiger partial charge in [0.1, 0.15) is 0 Å². The van der Waals surface area contributed by atoms with Crippen LogP contribution < -0.4 is 5.32 Å². The minimum atomic E-state index is -0.112. The topological polar surface area (TPSA) is 85.1 Å². The van der Waals surface area contributed by atoms with Crippen molar-refractivity contribution >= 4 is 28.6 Å². The molecular weight excluding hydrogens is 384 g/mol. The molecule has 0 aliphatic carbocycles. The van der Waals surface area contributed by atoms with Gasteiger partial charge in [-0.2, -0.15) is 9.61 Å². The van der Waals surface area contributed by atoms with Gasteiger partial charge in [-0.05, 0) is 47.8 Å². The van der Waals surface area contributed by atoms with Crippen molar-refractivity contribution in [3.63, 3.8) is 0 Å². The third-order valence-electron chi connectivity index (χ3n) is 4.38. The molecule has 0 saturated carbocycles. The molecule has 0 saturated heterocycles. The Morgan fingerprint density at radius 2 is 1.72 bits per heavy atom. The van der Waals surface area contributed by atoms with Crippen LogP contribution in [-0.2, 0) is 0 Å². The molecule has 1 amide bonds. The fourth-order valence-corrected chi connectivity index (χ4v) is 3.57. The second-order valence-electron chi connectivity index (χ2n) is 6.26. The highest BCUT2D eigenvalue weighted by Gasteiger charge is 2.11. The smallest absolute Gasteiger partial charge is 0.265 e. The Balaban J connectivity index is 1.44. The lowest BCUT2D eigenvalue weighted by atomic mass is 10.1. The predicted octanol–water partition coefficient (Wildman–Crippen LogP) is 4.17. The Labute approximate surface area is 169 Å². The van der Waals surface area contributed by atoms with Gasteiger partial charge in [0.25, 0.3) is 5.91 Å². The summed E-state index contributed by atoms with van der Waals surface area (Å²) in [4.78, 5) is 16.9. The van der Waals surface area contributed by atoms with E-state index in [0.29, 0.717) is 16.3 Å². The zero-order valence-electron chi connectivity index (χ0n) is 15.1. The number of amides is 1. The molecule has 0 radical (unpaired) electrons. The highest BCUT2D eigenvalue weighted by molar-refractivity contribution is 7.12. The summed E-state index contributed by atoms with van der Waals surface area (Å²) < 4.78 is 1.72. The van der Waals surface area contributed by atoms with Crippen LogP contribution in [0.1, 0.15) is 9.67 Å². The van der Waals surface area contributed by atoms with Gasteiger partial charge < -0.3 is 5.32 Å². The van der Waals surface area contributed by atoms with Gasteiger partial charge in [-0.25, -0.2) is 0 Å². The monoisotopic (exact) mass is 398 g/mol. The van der Waals surface area contributed by atoms with Crippen LogP contribution >= 0.6 is 11.3 Å². The summed E-state index contributed by atoms with van der Waals surface area (Å²) in [5.74, 6) is 0.544. The third-order valence-corrected chi connectivity index (χ3v) is 5.25. The molecule has 7 nitrogen and oxygen atoms in total. The number of thiophene rings is 1. The van der Waals surface area contributed by atoms with E-state index >= 15 is 0 Å². The Bertz CT molecular complexity index is 1280. The van der Waals surface area contributed by atoms with Crippen molar-refractivity contribution in [2.75, 3.05) is 5.32 Å². The molecule has 0 aliphatic rings. The SMILES string of the molecule is O=C(Nc1ccc(-c2ccc3nnc(-c4ccncc4)n3n2)cc1)c1cccs1. The van der Waals surface area contributed by atoms with Crippen LogP contribution in [0, 0.1) is 0 Å². The molecule has 4 heterocycles. The van der Waals surface area contributed by atoms with Gasteiger partial charge in [0.2, 0.25) is 0 Å². The van der Waals surface area contributed by atoms with Crippen molar-refractivity contribution in [1.29, 1.82) is 0 Å². The number of benzene rings is 1. The molecule has 0 atom stereocenters. The summed E-state index contributed by atoms with van der Waals surface area (Å²) >= 11 is 1.41. The van der Waals surface area contributed by atoms with E-state index in [-0.39, 0.29) is 5.91 Å². The number of carbonyl (C=O) groups excluding carboxylic acids is 1. The number of aromatic nitrogens is 5. The maximum Gasteiger partial charge on any atom is 0.265 e. The van der Waals surface area contributed by atoms with Crippen LogP contribution in [0.4, 0.5) is 5.69 Å². The van der Waals surface area contributed by atoms with E-state index in [9.17, 15) is 4.79 Å². The lowest BCUT2D eigenvalue weighted by molar-refractivity contribution is 0.103. The Hall–Kier alpha value is -3.91. The number of anilines is 1. The highest BCUT2D eigenvalue weighted by Crippen LogP contribution is 2.23. The number of nitrogens with one attached hydrogen (secondary N) is 1. The number of fused-ring (bicyclic) bond motifs is 1. The van der Waals surface area contributed by atoms with Gasteiger partial charge in [-0.15, -0.1) is 21.5 Å². The first-order chi connectivity index (χ1) is 14.3. The largest absolute Gasteiger partial charge is 0.321 e. The third kappa shape index (κ3) is 3.37. The highest BCUT2D eigenvalue weighted by atomic mass is 32.1. The van der Waals surface area contributed by atoms with Crippen molar-refractivity contribution < 1.29 is 4.79 Å². The molecule has 0 bridgehead atoms. The Kier molecular flexibility index (Phi) is 4.30. The molecule has 1 aromatic carbocycles. The fourth-order valence-electron chi connectivity index (χ4n) is 2.95. The average Bonchev–Trinajstić information content (AvgIpc) is 3.45. The second kappa shape index (κ2) is 7.25. The molecule has 5 rings (SSSR count). The molecule has 0 spiro atoms. The lowest BCUT2D eigenvalue weighted by Gasteiger charge is -2.06. The van der Waals surface area contributed by atoms with Gasteiger partial charge in [0, 0.05) is 29.2 Å². The van der Waals surface area contributed by atoms with E-state index < -0.39 is 0 Å². The quantitative estimate of drug-likeness (QED) is 0.491. The number of pyridine rings is 1. The molecule has 8 heteroatoms. The van der Waals surface area contributed by atoms with Crippen LogP contribution in [0.5, 0.6) is 0 Å². The first-order valence-corrected chi connectivity index (χ1v) is 9.74. The minimum Gasteiger partial charge on any atom is -0.321 e. The first-order valence-electron chi connectivity index (χ1n) is 8.86. The maximum atomic E-state index is 12.2. The van der Waals surface area contributed by atoms with Gasteiger partial charge >= 0.3 is 0 Å². The van der Waals surface area contributed by atoms with E-state index in [0.717, 1.165) is 22.5 Å². The van der Waals surface area contributed by atoms with E-state index in [1.807, 2.05) is 60.0 Å². The molecule has 0 unspecified atom stereocenters. The maximum absolute atomic E-state index is 12.2. The molecule has 0 aliphatic heterocycles. The normalized spacial score (nSPS) is 10.9. The summed E-state index contributed by atoms with van der Waals surface area (Å²) in [6.07, 6.45) is 3.42. The van der Waals surface area contributed by atoms with Crippen LogP contribution in [0.15, 0.2) is 78.4 Å². The minimum absolute atomic E-state index is 0.112. The molecule has 29 heavy (non-hydrogen) atoms. The van der Waals surface area contributed by atoms with Crippen LogP contribution in [0.25, 0.3) is 28.3 Å². The summed E-state index contributed by atoms with van der Waals surface area (Å²) in [7, 11) is 0. The van der Waals surface area contributed by atoms with Gasteiger partial charge in [-0.1, -0.05) is 18.2 Å². The zero-order chi connectivity index (χ0) is 19.6. The summed E-state index contributed by atoms with van der Waals surface area (Å²) in [5, 5.41) is 17.9. The van der Waals surface area contributed by atoms with Crippen molar-refractivity contribution in [3.8, 4) is 22.6 Å². The number of carbonyl (C=O) groups is 1. The first kappa shape index (κ1) is 17.2. The van der Waals surface area contributed by atoms with Crippen LogP contribution in [-0.4, -0.2) is 30.7 Å². The molecular formula is C21H14N6OS. The van der Waals surface area contributed by atoms with Crippen molar-refractivity contribution in [3.05, 3.63) is 83.3 Å². The van der Waals surface area contributed by atoms with Gasteiger partial charge in [0.15, 0.2) is 11.5 Å². The summed E-state index contributed by atoms with van der Waals surface area (Å²) in [6, 6.07) is 18.8. The van der Waals surface area contributed by atoms with E-state index in [1.165, 1.54) is 11.3 Å². The number of nitrogens with zero attached hydrogens (tertiary/aromatic N) is 5. The van der Waals surface area contributed by atoms with E-state index in [1.54, 1.807) is 23.0 Å².